The summed E-state index contributed by atoms with van der Waals surface area (Å²) in [5.74, 6) is 1.93. The van der Waals surface area contributed by atoms with Crippen molar-refractivity contribution in [1.29, 1.82) is 0 Å². The second-order valence-corrected chi connectivity index (χ2v) is 13.3. The lowest BCUT2D eigenvalue weighted by Gasteiger charge is -2.39. The Kier molecular flexibility index (Phi) is 13.5. The SMILES string of the molecule is COC(=O)CC1CCN(Cc2cc(Oc3cnc(N4CCN(C(=O)C5CC(N)C5)CC4)nc3)nc(-c3cc(Cl)cc(Cl)c3)c2)CC1.Cl.Cl. The molecule has 0 unspecified atom stereocenters. The summed E-state index contributed by atoms with van der Waals surface area (Å²) in [7, 11) is 1.44. The van der Waals surface area contributed by atoms with Crippen molar-refractivity contribution < 1.29 is 19.1 Å². The Labute approximate surface area is 303 Å². The molecule has 0 bridgehead atoms. The lowest BCUT2D eigenvalue weighted by atomic mass is 9.80. The summed E-state index contributed by atoms with van der Waals surface area (Å²) >= 11 is 12.7. The van der Waals surface area contributed by atoms with E-state index in [-0.39, 0.29) is 48.7 Å². The van der Waals surface area contributed by atoms with E-state index in [1.807, 2.05) is 29.2 Å². The number of nitrogens with zero attached hydrogens (tertiary/aromatic N) is 6. The molecule has 15 heteroatoms. The van der Waals surface area contributed by atoms with Gasteiger partial charge >= 0.3 is 5.97 Å². The van der Waals surface area contributed by atoms with Gasteiger partial charge in [-0.05, 0) is 74.5 Å². The zero-order valence-corrected chi connectivity index (χ0v) is 29.9. The molecule has 1 amide bonds. The molecule has 260 valence electrons. The van der Waals surface area contributed by atoms with Crippen LogP contribution in [0.4, 0.5) is 5.95 Å². The van der Waals surface area contributed by atoms with Gasteiger partial charge in [0.2, 0.25) is 17.7 Å². The highest BCUT2D eigenvalue weighted by molar-refractivity contribution is 6.35. The third kappa shape index (κ3) is 9.61. The van der Waals surface area contributed by atoms with Crippen LogP contribution in [-0.4, -0.2) is 89.0 Å². The topological polar surface area (TPSA) is 127 Å². The largest absolute Gasteiger partial charge is 0.469 e. The minimum Gasteiger partial charge on any atom is -0.469 e. The average Bonchev–Trinajstić information content (AvgIpc) is 3.04. The van der Waals surface area contributed by atoms with Crippen molar-refractivity contribution in [3.63, 3.8) is 0 Å². The van der Waals surface area contributed by atoms with E-state index >= 15 is 0 Å². The Bertz CT molecular complexity index is 1530. The zero-order chi connectivity index (χ0) is 32.2. The van der Waals surface area contributed by atoms with Crippen molar-refractivity contribution in [3.05, 3.63) is 58.3 Å². The molecular weight excluding hydrogens is 700 g/mol. The summed E-state index contributed by atoms with van der Waals surface area (Å²) < 4.78 is 11.0. The van der Waals surface area contributed by atoms with E-state index in [1.165, 1.54) is 7.11 Å². The third-order valence-corrected chi connectivity index (χ3v) is 9.49. The predicted octanol–water partition coefficient (Wildman–Crippen LogP) is 5.64. The van der Waals surface area contributed by atoms with E-state index in [1.54, 1.807) is 18.5 Å². The van der Waals surface area contributed by atoms with Crippen LogP contribution in [0.2, 0.25) is 10.0 Å². The van der Waals surface area contributed by atoms with Gasteiger partial charge in [0.15, 0.2) is 5.75 Å². The number of anilines is 1. The lowest BCUT2D eigenvalue weighted by molar-refractivity contribution is -0.142. The molecule has 2 N–H and O–H groups in total. The first-order chi connectivity index (χ1) is 22.2. The molecule has 0 atom stereocenters. The number of likely N-dealkylation sites (tertiary alicyclic amines) is 1. The first-order valence-electron chi connectivity index (χ1n) is 15.8. The molecule has 6 rings (SSSR count). The summed E-state index contributed by atoms with van der Waals surface area (Å²) in [5.41, 5.74) is 8.37. The maximum atomic E-state index is 12.7. The number of halogens is 4. The fraction of sp³-hybridized carbons (Fsp3) is 0.485. The predicted molar refractivity (Wildman–Crippen MR) is 190 cm³/mol. The number of aromatic nitrogens is 3. The Hall–Kier alpha value is -2.93. The second-order valence-electron chi connectivity index (χ2n) is 12.4. The number of ether oxygens (including phenoxy) is 2. The van der Waals surface area contributed by atoms with Crippen molar-refractivity contribution in [2.24, 2.45) is 17.6 Å². The maximum Gasteiger partial charge on any atom is 0.305 e. The minimum absolute atomic E-state index is 0. The van der Waals surface area contributed by atoms with E-state index in [0.29, 0.717) is 78.4 Å². The van der Waals surface area contributed by atoms with Crippen LogP contribution in [0.5, 0.6) is 11.6 Å². The molecule has 2 aliphatic heterocycles. The number of piperidine rings is 1. The quantitative estimate of drug-likeness (QED) is 0.276. The van der Waals surface area contributed by atoms with Gasteiger partial charge in [-0.25, -0.2) is 15.0 Å². The van der Waals surface area contributed by atoms with Crippen molar-refractivity contribution in [1.82, 2.24) is 24.8 Å². The van der Waals surface area contributed by atoms with Crippen LogP contribution in [0.3, 0.4) is 0 Å². The number of nitrogens with two attached hydrogens (primary N) is 1. The van der Waals surface area contributed by atoms with E-state index in [4.69, 9.17) is 43.4 Å². The van der Waals surface area contributed by atoms with Gasteiger partial charge in [-0.2, -0.15) is 0 Å². The number of methoxy groups -OCH3 is 1. The summed E-state index contributed by atoms with van der Waals surface area (Å²) in [6.07, 6.45) is 7.19. The van der Waals surface area contributed by atoms with Crippen molar-refractivity contribution >= 4 is 65.8 Å². The maximum absolute atomic E-state index is 12.7. The number of piperazine rings is 1. The molecule has 1 aromatic carbocycles. The number of hydrogen-bond donors (Lipinski definition) is 1. The summed E-state index contributed by atoms with van der Waals surface area (Å²) in [6.45, 7) is 5.07. The number of amides is 1. The molecule has 3 aliphatic rings. The number of carbonyl (C=O) groups is 2. The van der Waals surface area contributed by atoms with Gasteiger partial charge in [-0.1, -0.05) is 23.2 Å². The van der Waals surface area contributed by atoms with Gasteiger partial charge < -0.3 is 25.0 Å². The Morgan fingerprint density at radius 1 is 0.917 bits per heavy atom. The molecule has 11 nitrogen and oxygen atoms in total. The lowest BCUT2D eigenvalue weighted by Crippen LogP contribution is -2.53. The van der Waals surface area contributed by atoms with Crippen LogP contribution in [-0.2, 0) is 20.9 Å². The number of pyridine rings is 1. The van der Waals surface area contributed by atoms with E-state index < -0.39 is 0 Å². The normalized spacial score (nSPS) is 19.8. The van der Waals surface area contributed by atoms with Gasteiger partial charge in [0.25, 0.3) is 0 Å². The van der Waals surface area contributed by atoms with Crippen LogP contribution < -0.4 is 15.4 Å². The van der Waals surface area contributed by atoms with Crippen molar-refractivity contribution in [2.45, 2.75) is 44.7 Å². The number of rotatable bonds is 9. The Morgan fingerprint density at radius 3 is 2.17 bits per heavy atom. The van der Waals surface area contributed by atoms with Gasteiger partial charge in [-0.3, -0.25) is 14.5 Å². The molecule has 1 aliphatic carbocycles. The van der Waals surface area contributed by atoms with E-state index in [0.717, 1.165) is 49.9 Å². The fourth-order valence-electron chi connectivity index (χ4n) is 6.37. The first kappa shape index (κ1) is 37.9. The molecule has 2 saturated heterocycles. The second kappa shape index (κ2) is 17.1. The molecule has 2 aromatic heterocycles. The number of benzene rings is 1. The fourth-order valence-corrected chi connectivity index (χ4v) is 6.90. The summed E-state index contributed by atoms with van der Waals surface area (Å²) in [5, 5.41) is 1.04. The summed E-state index contributed by atoms with van der Waals surface area (Å²) in [4.78, 5) is 44.7. The minimum atomic E-state index is -0.152. The number of carbonyl (C=O) groups excluding carboxylic acids is 2. The van der Waals surface area contributed by atoms with Crippen LogP contribution in [0.25, 0.3) is 11.3 Å². The summed E-state index contributed by atoms with van der Waals surface area (Å²) in [6, 6.07) is 9.45. The van der Waals surface area contributed by atoms with Crippen LogP contribution in [0.1, 0.15) is 37.7 Å². The smallest absolute Gasteiger partial charge is 0.305 e. The molecule has 0 spiro atoms. The zero-order valence-electron chi connectivity index (χ0n) is 26.7. The molecule has 3 fully saturated rings. The standard InChI is InChI=1S/C33H39Cl2N7O4.2ClH/c1-45-31(43)12-21-2-4-40(5-3-21)20-22-10-29(23-13-25(34)17-26(35)14-23)39-30(11-22)46-28-18-37-33(38-19-28)42-8-6-41(7-9-42)32(44)24-15-27(36)16-24;;/h10-11,13-14,17-19,21,24,27H,2-9,12,15-16,20,36H2,1H3;2*1H. The van der Waals surface area contributed by atoms with Crippen LogP contribution in [0, 0.1) is 11.8 Å². The monoisotopic (exact) mass is 739 g/mol. The molecule has 3 aromatic rings. The molecule has 4 heterocycles. The van der Waals surface area contributed by atoms with Gasteiger partial charge in [0.05, 0.1) is 25.2 Å². The highest BCUT2D eigenvalue weighted by atomic mass is 35.5. The van der Waals surface area contributed by atoms with Gasteiger partial charge in [0, 0.05) is 72.8 Å². The highest BCUT2D eigenvalue weighted by Crippen LogP contribution is 2.32. The van der Waals surface area contributed by atoms with Gasteiger partial charge in [0.1, 0.15) is 0 Å². The molecule has 0 radical (unpaired) electrons. The molecule has 1 saturated carbocycles. The van der Waals surface area contributed by atoms with Crippen molar-refractivity contribution in [3.8, 4) is 22.9 Å². The first-order valence-corrected chi connectivity index (χ1v) is 16.5. The third-order valence-electron chi connectivity index (χ3n) is 9.05. The molecule has 48 heavy (non-hydrogen) atoms. The number of esters is 1. The van der Waals surface area contributed by atoms with Gasteiger partial charge in [-0.15, -0.1) is 24.8 Å². The van der Waals surface area contributed by atoms with E-state index in [9.17, 15) is 9.59 Å². The Balaban J connectivity index is 0.00000260. The van der Waals surface area contributed by atoms with E-state index in [2.05, 4.69) is 19.8 Å². The van der Waals surface area contributed by atoms with Crippen LogP contribution >= 0.6 is 48.0 Å². The van der Waals surface area contributed by atoms with Crippen molar-refractivity contribution in [2.75, 3.05) is 51.3 Å². The Morgan fingerprint density at radius 2 is 1.56 bits per heavy atom. The number of hydrogen-bond acceptors (Lipinski definition) is 10. The average molecular weight is 742 g/mol. The molecular formula is C33H41Cl4N7O4. The highest BCUT2D eigenvalue weighted by Gasteiger charge is 2.36. The van der Waals surface area contributed by atoms with Crippen LogP contribution in [0.15, 0.2) is 42.7 Å².